The number of furan rings is 1. The summed E-state index contributed by atoms with van der Waals surface area (Å²) in [6, 6.07) is 1.59. The van der Waals surface area contributed by atoms with Gasteiger partial charge in [0.1, 0.15) is 5.76 Å². The van der Waals surface area contributed by atoms with E-state index in [0.717, 1.165) is 31.6 Å². The minimum absolute atomic E-state index is 0.00457. The summed E-state index contributed by atoms with van der Waals surface area (Å²) in [6.07, 6.45) is 2.49. The molecule has 0 amide bonds. The van der Waals surface area contributed by atoms with E-state index in [0.29, 0.717) is 24.3 Å². The number of carboxylic acid groups (broad SMARTS) is 1. The molecular weight excluding hydrogens is 246 g/mol. The van der Waals surface area contributed by atoms with Crippen molar-refractivity contribution >= 4 is 5.97 Å². The van der Waals surface area contributed by atoms with Crippen molar-refractivity contribution in [3.63, 3.8) is 0 Å². The topological polar surface area (TPSA) is 71.7 Å². The zero-order valence-electron chi connectivity index (χ0n) is 11.4. The quantitative estimate of drug-likeness (QED) is 0.826. The van der Waals surface area contributed by atoms with E-state index in [1.54, 1.807) is 13.0 Å². The number of aryl methyl sites for hydroxylation is 1. The van der Waals surface area contributed by atoms with Gasteiger partial charge in [0.05, 0.1) is 6.10 Å². The van der Waals surface area contributed by atoms with Gasteiger partial charge < -0.3 is 19.6 Å². The molecule has 2 heterocycles. The molecule has 1 aliphatic rings. The third-order valence-corrected chi connectivity index (χ3v) is 3.70. The van der Waals surface area contributed by atoms with Gasteiger partial charge in [0.2, 0.25) is 5.76 Å². The minimum Gasteiger partial charge on any atom is -0.475 e. The van der Waals surface area contributed by atoms with Gasteiger partial charge in [-0.2, -0.15) is 0 Å². The summed E-state index contributed by atoms with van der Waals surface area (Å²) in [4.78, 5) is 10.8. The molecule has 0 aromatic carbocycles. The van der Waals surface area contributed by atoms with Crippen LogP contribution in [0.25, 0.3) is 0 Å². The van der Waals surface area contributed by atoms with Crippen molar-refractivity contribution in [1.82, 2.24) is 5.32 Å². The standard InChI is InChI=1S/C14H21NO4/c1-3-12-10(4-5-18-12)7-15-8-11-6-13(14(16)17)19-9(11)2/h6,10,12,15H,3-5,7-8H2,1-2H3,(H,16,17). The highest BCUT2D eigenvalue weighted by atomic mass is 16.5. The van der Waals surface area contributed by atoms with Crippen LogP contribution in [-0.4, -0.2) is 30.3 Å². The normalized spacial score (nSPS) is 22.8. The first kappa shape index (κ1) is 14.1. The van der Waals surface area contributed by atoms with Crippen LogP contribution >= 0.6 is 0 Å². The molecule has 0 spiro atoms. The molecule has 2 unspecified atom stereocenters. The molecule has 1 aromatic rings. The summed E-state index contributed by atoms with van der Waals surface area (Å²) in [5.41, 5.74) is 0.907. The molecule has 2 N–H and O–H groups in total. The third kappa shape index (κ3) is 3.36. The van der Waals surface area contributed by atoms with Crippen LogP contribution in [0.1, 0.15) is 41.6 Å². The molecule has 1 aromatic heterocycles. The van der Waals surface area contributed by atoms with Crippen LogP contribution in [0.5, 0.6) is 0 Å². The van der Waals surface area contributed by atoms with Crippen molar-refractivity contribution in [1.29, 1.82) is 0 Å². The molecule has 0 bridgehead atoms. The summed E-state index contributed by atoms with van der Waals surface area (Å²) >= 11 is 0. The number of ether oxygens (including phenoxy) is 1. The fourth-order valence-electron chi connectivity index (χ4n) is 2.57. The van der Waals surface area contributed by atoms with Crippen molar-refractivity contribution in [2.75, 3.05) is 13.2 Å². The van der Waals surface area contributed by atoms with Crippen LogP contribution in [0.4, 0.5) is 0 Å². The fraction of sp³-hybridized carbons (Fsp3) is 0.643. The molecule has 19 heavy (non-hydrogen) atoms. The predicted octanol–water partition coefficient (Wildman–Crippen LogP) is 2.19. The SMILES string of the molecule is CCC1OCCC1CNCc1cc(C(=O)O)oc1C. The zero-order valence-corrected chi connectivity index (χ0v) is 11.4. The van der Waals surface area contributed by atoms with Crippen molar-refractivity contribution in [2.45, 2.75) is 39.3 Å². The van der Waals surface area contributed by atoms with Gasteiger partial charge in [-0.1, -0.05) is 6.92 Å². The summed E-state index contributed by atoms with van der Waals surface area (Å²) < 4.78 is 10.8. The maximum Gasteiger partial charge on any atom is 0.371 e. The molecule has 2 rings (SSSR count). The number of carboxylic acids is 1. The smallest absolute Gasteiger partial charge is 0.371 e. The number of aromatic carboxylic acids is 1. The second kappa shape index (κ2) is 6.21. The Morgan fingerprint density at radius 1 is 1.58 bits per heavy atom. The first-order valence-electron chi connectivity index (χ1n) is 6.76. The fourth-order valence-corrected chi connectivity index (χ4v) is 2.57. The Hall–Kier alpha value is -1.33. The van der Waals surface area contributed by atoms with E-state index in [-0.39, 0.29) is 5.76 Å². The van der Waals surface area contributed by atoms with E-state index in [1.807, 2.05) is 0 Å². The second-order valence-corrected chi connectivity index (χ2v) is 4.99. The Morgan fingerprint density at radius 2 is 2.37 bits per heavy atom. The number of nitrogens with one attached hydrogen (secondary N) is 1. The van der Waals surface area contributed by atoms with Crippen molar-refractivity contribution < 1.29 is 19.1 Å². The van der Waals surface area contributed by atoms with E-state index >= 15 is 0 Å². The van der Waals surface area contributed by atoms with Gasteiger partial charge in [-0.3, -0.25) is 0 Å². The van der Waals surface area contributed by atoms with Gasteiger partial charge in [0, 0.05) is 25.3 Å². The van der Waals surface area contributed by atoms with Gasteiger partial charge in [0.15, 0.2) is 0 Å². The van der Waals surface area contributed by atoms with Crippen LogP contribution in [0.15, 0.2) is 10.5 Å². The Labute approximate surface area is 112 Å². The van der Waals surface area contributed by atoms with Crippen LogP contribution in [0.2, 0.25) is 0 Å². The largest absolute Gasteiger partial charge is 0.475 e. The summed E-state index contributed by atoms with van der Waals surface area (Å²) in [5, 5.41) is 12.2. The first-order chi connectivity index (χ1) is 9.11. The third-order valence-electron chi connectivity index (χ3n) is 3.70. The molecule has 1 fully saturated rings. The van der Waals surface area contributed by atoms with Crippen LogP contribution < -0.4 is 5.32 Å². The Balaban J connectivity index is 1.84. The van der Waals surface area contributed by atoms with E-state index in [1.165, 1.54) is 0 Å². The molecule has 1 saturated heterocycles. The molecule has 0 radical (unpaired) electrons. The second-order valence-electron chi connectivity index (χ2n) is 4.99. The van der Waals surface area contributed by atoms with Gasteiger partial charge in [-0.05, 0) is 31.7 Å². The Bertz CT molecular complexity index is 441. The Kier molecular flexibility index (Phi) is 4.61. The molecule has 0 saturated carbocycles. The number of carbonyl (C=O) groups is 1. The molecular formula is C14H21NO4. The summed E-state index contributed by atoms with van der Waals surface area (Å²) in [6.45, 7) is 6.30. The lowest BCUT2D eigenvalue weighted by Crippen LogP contribution is -2.28. The number of hydrogen-bond donors (Lipinski definition) is 2. The molecule has 5 heteroatoms. The molecule has 0 aliphatic carbocycles. The maximum atomic E-state index is 10.8. The van der Waals surface area contributed by atoms with E-state index in [9.17, 15) is 4.79 Å². The van der Waals surface area contributed by atoms with Gasteiger partial charge in [0.25, 0.3) is 0 Å². The van der Waals surface area contributed by atoms with Gasteiger partial charge >= 0.3 is 5.97 Å². The number of hydrogen-bond acceptors (Lipinski definition) is 4. The molecule has 1 aliphatic heterocycles. The van der Waals surface area contributed by atoms with Crippen LogP contribution in [-0.2, 0) is 11.3 Å². The van der Waals surface area contributed by atoms with Crippen molar-refractivity contribution in [3.05, 3.63) is 23.2 Å². The lowest BCUT2D eigenvalue weighted by atomic mass is 9.99. The molecule has 2 atom stereocenters. The highest BCUT2D eigenvalue weighted by Crippen LogP contribution is 2.22. The first-order valence-corrected chi connectivity index (χ1v) is 6.76. The molecule has 106 valence electrons. The van der Waals surface area contributed by atoms with Gasteiger partial charge in [-0.15, -0.1) is 0 Å². The maximum absolute atomic E-state index is 10.8. The van der Waals surface area contributed by atoms with E-state index in [4.69, 9.17) is 14.3 Å². The average Bonchev–Trinajstić information content (AvgIpc) is 2.96. The van der Waals surface area contributed by atoms with Crippen LogP contribution in [0, 0.1) is 12.8 Å². The minimum atomic E-state index is -1.02. The molecule has 5 nitrogen and oxygen atoms in total. The highest BCUT2D eigenvalue weighted by molar-refractivity contribution is 5.84. The lowest BCUT2D eigenvalue weighted by molar-refractivity contribution is 0.0661. The van der Waals surface area contributed by atoms with Gasteiger partial charge in [-0.25, -0.2) is 4.79 Å². The lowest BCUT2D eigenvalue weighted by Gasteiger charge is -2.17. The van der Waals surface area contributed by atoms with E-state index in [2.05, 4.69) is 12.2 Å². The Morgan fingerprint density at radius 3 is 3.00 bits per heavy atom. The van der Waals surface area contributed by atoms with Crippen LogP contribution in [0.3, 0.4) is 0 Å². The number of rotatable bonds is 6. The van der Waals surface area contributed by atoms with E-state index < -0.39 is 5.97 Å². The average molecular weight is 267 g/mol. The van der Waals surface area contributed by atoms with Crippen molar-refractivity contribution in [2.24, 2.45) is 5.92 Å². The monoisotopic (exact) mass is 267 g/mol. The summed E-state index contributed by atoms with van der Waals surface area (Å²) in [7, 11) is 0. The highest BCUT2D eigenvalue weighted by Gasteiger charge is 2.26. The zero-order chi connectivity index (χ0) is 13.8. The summed E-state index contributed by atoms with van der Waals surface area (Å²) in [5.74, 6) is 0.199. The predicted molar refractivity (Wildman–Crippen MR) is 70.2 cm³/mol. The van der Waals surface area contributed by atoms with Crippen molar-refractivity contribution in [3.8, 4) is 0 Å².